The highest BCUT2D eigenvalue weighted by molar-refractivity contribution is 5.85. The minimum atomic E-state index is -0.111. The lowest BCUT2D eigenvalue weighted by atomic mass is 9.93. The fraction of sp³-hybridized carbons (Fsp3) is 0.909. The number of amides is 1. The molecule has 0 atom stereocenters. The minimum Gasteiger partial charge on any atom is -0.369 e. The first-order valence-electron chi connectivity index (χ1n) is 6.01. The normalized spacial score (nSPS) is 25.0. The van der Waals surface area contributed by atoms with E-state index < -0.39 is 0 Å². The number of piperidine rings is 2. The van der Waals surface area contributed by atoms with Crippen molar-refractivity contribution in [2.45, 2.75) is 31.7 Å². The molecule has 0 bridgehead atoms. The van der Waals surface area contributed by atoms with Crippen LogP contribution in [-0.4, -0.2) is 43.0 Å². The summed E-state index contributed by atoms with van der Waals surface area (Å²) in [6.07, 6.45) is 4.42. The molecule has 16 heavy (non-hydrogen) atoms. The van der Waals surface area contributed by atoms with Crippen LogP contribution < -0.4 is 11.1 Å². The second-order valence-electron chi connectivity index (χ2n) is 4.69. The van der Waals surface area contributed by atoms with Gasteiger partial charge in [0.15, 0.2) is 0 Å². The fourth-order valence-corrected chi connectivity index (χ4v) is 2.72. The summed E-state index contributed by atoms with van der Waals surface area (Å²) in [6, 6.07) is 0.736. The van der Waals surface area contributed by atoms with Crippen molar-refractivity contribution in [3.05, 3.63) is 0 Å². The van der Waals surface area contributed by atoms with E-state index in [1.165, 1.54) is 12.8 Å². The Labute approximate surface area is 103 Å². The van der Waals surface area contributed by atoms with Crippen LogP contribution in [0.15, 0.2) is 0 Å². The molecule has 1 amide bonds. The molecular weight excluding hydrogens is 226 g/mol. The molecule has 0 saturated carbocycles. The summed E-state index contributed by atoms with van der Waals surface area (Å²) >= 11 is 0. The van der Waals surface area contributed by atoms with Crippen LogP contribution in [0.25, 0.3) is 0 Å². The third kappa shape index (κ3) is 3.34. The Kier molecular flexibility index (Phi) is 5.52. The lowest BCUT2D eigenvalue weighted by Gasteiger charge is -2.38. The number of hydrogen-bond acceptors (Lipinski definition) is 3. The van der Waals surface area contributed by atoms with Crippen LogP contribution in [0.5, 0.6) is 0 Å². The molecule has 2 aliphatic rings. The molecule has 0 aromatic rings. The van der Waals surface area contributed by atoms with E-state index in [2.05, 4.69) is 10.2 Å². The van der Waals surface area contributed by atoms with Crippen molar-refractivity contribution in [2.24, 2.45) is 11.7 Å². The minimum absolute atomic E-state index is 0. The zero-order valence-corrected chi connectivity index (χ0v) is 10.5. The fourth-order valence-electron chi connectivity index (χ4n) is 2.72. The molecule has 0 aliphatic carbocycles. The Bertz CT molecular complexity index is 223. The van der Waals surface area contributed by atoms with Crippen LogP contribution in [0.3, 0.4) is 0 Å². The molecule has 2 heterocycles. The number of likely N-dealkylation sites (tertiary alicyclic amines) is 1. The highest BCUT2D eigenvalue weighted by Gasteiger charge is 2.27. The van der Waals surface area contributed by atoms with E-state index in [1.54, 1.807) is 0 Å². The summed E-state index contributed by atoms with van der Waals surface area (Å²) < 4.78 is 0. The Hall–Kier alpha value is -0.320. The predicted octanol–water partition coefficient (Wildman–Crippen LogP) is 0.357. The highest BCUT2D eigenvalue weighted by Crippen LogP contribution is 2.21. The summed E-state index contributed by atoms with van der Waals surface area (Å²) in [5, 5.41) is 3.38. The second-order valence-corrected chi connectivity index (χ2v) is 4.69. The molecule has 0 unspecified atom stereocenters. The number of nitrogens with two attached hydrogens (primary N) is 1. The third-order valence-corrected chi connectivity index (χ3v) is 3.76. The van der Waals surface area contributed by atoms with Gasteiger partial charge in [-0.05, 0) is 51.9 Å². The molecule has 5 heteroatoms. The van der Waals surface area contributed by atoms with Crippen molar-refractivity contribution in [3.63, 3.8) is 0 Å². The number of hydrogen-bond donors (Lipinski definition) is 2. The Balaban J connectivity index is 0.00000128. The highest BCUT2D eigenvalue weighted by atomic mass is 35.5. The molecule has 3 N–H and O–H groups in total. The van der Waals surface area contributed by atoms with Gasteiger partial charge in [-0.25, -0.2) is 0 Å². The maximum Gasteiger partial charge on any atom is 0.220 e. The van der Waals surface area contributed by atoms with Gasteiger partial charge in [0.25, 0.3) is 0 Å². The van der Waals surface area contributed by atoms with E-state index in [1.807, 2.05) is 0 Å². The van der Waals surface area contributed by atoms with Crippen LogP contribution in [-0.2, 0) is 4.79 Å². The zero-order chi connectivity index (χ0) is 10.7. The van der Waals surface area contributed by atoms with Crippen LogP contribution in [0.1, 0.15) is 25.7 Å². The van der Waals surface area contributed by atoms with Gasteiger partial charge in [-0.2, -0.15) is 0 Å². The van der Waals surface area contributed by atoms with Gasteiger partial charge in [-0.3, -0.25) is 4.79 Å². The lowest BCUT2D eigenvalue weighted by Crippen LogP contribution is -2.47. The first-order chi connectivity index (χ1) is 7.27. The number of halogens is 1. The molecule has 2 saturated heterocycles. The van der Waals surface area contributed by atoms with E-state index in [0.717, 1.165) is 45.1 Å². The molecule has 0 radical (unpaired) electrons. The standard InChI is InChI=1S/C11H21N3O.ClH/c12-11(15)9-3-7-14(8-4-9)10-1-5-13-6-2-10;/h9-10,13H,1-8H2,(H2,12,15);1H. The maximum atomic E-state index is 11.0. The summed E-state index contributed by atoms with van der Waals surface area (Å²) in [7, 11) is 0. The molecule has 94 valence electrons. The van der Waals surface area contributed by atoms with Gasteiger partial charge in [0, 0.05) is 12.0 Å². The van der Waals surface area contributed by atoms with Crippen molar-refractivity contribution in [3.8, 4) is 0 Å². The summed E-state index contributed by atoms with van der Waals surface area (Å²) in [6.45, 7) is 4.39. The van der Waals surface area contributed by atoms with Gasteiger partial charge in [0.05, 0.1) is 0 Å². The van der Waals surface area contributed by atoms with Gasteiger partial charge in [0.1, 0.15) is 0 Å². The quantitative estimate of drug-likeness (QED) is 0.741. The second kappa shape index (κ2) is 6.42. The maximum absolute atomic E-state index is 11.0. The number of primary amides is 1. The molecule has 0 spiro atoms. The van der Waals surface area contributed by atoms with Gasteiger partial charge >= 0.3 is 0 Å². The summed E-state index contributed by atoms with van der Waals surface area (Å²) in [5.74, 6) is 0.0166. The van der Waals surface area contributed by atoms with Gasteiger partial charge in [-0.1, -0.05) is 0 Å². The van der Waals surface area contributed by atoms with Crippen LogP contribution in [0.4, 0.5) is 0 Å². The molecule has 2 aliphatic heterocycles. The molecule has 2 fully saturated rings. The Morgan fingerprint density at radius 1 is 1.12 bits per heavy atom. The number of nitrogens with one attached hydrogen (secondary N) is 1. The van der Waals surface area contributed by atoms with Crippen molar-refractivity contribution in [1.82, 2.24) is 10.2 Å². The first-order valence-corrected chi connectivity index (χ1v) is 6.01. The Morgan fingerprint density at radius 3 is 2.19 bits per heavy atom. The molecular formula is C11H22ClN3O. The zero-order valence-electron chi connectivity index (χ0n) is 9.65. The third-order valence-electron chi connectivity index (χ3n) is 3.76. The smallest absolute Gasteiger partial charge is 0.220 e. The largest absolute Gasteiger partial charge is 0.369 e. The van der Waals surface area contributed by atoms with Crippen LogP contribution in [0.2, 0.25) is 0 Å². The Morgan fingerprint density at radius 2 is 1.69 bits per heavy atom. The predicted molar refractivity (Wildman–Crippen MR) is 66.6 cm³/mol. The van der Waals surface area contributed by atoms with Crippen LogP contribution in [0, 0.1) is 5.92 Å². The summed E-state index contributed by atoms with van der Waals surface area (Å²) in [5.41, 5.74) is 5.32. The van der Waals surface area contributed by atoms with Gasteiger partial charge < -0.3 is 16.0 Å². The molecule has 2 rings (SSSR count). The monoisotopic (exact) mass is 247 g/mol. The average Bonchev–Trinajstić information content (AvgIpc) is 2.30. The van der Waals surface area contributed by atoms with E-state index >= 15 is 0 Å². The van der Waals surface area contributed by atoms with Gasteiger partial charge in [-0.15, -0.1) is 12.4 Å². The van der Waals surface area contributed by atoms with Crippen molar-refractivity contribution < 1.29 is 4.79 Å². The first kappa shape index (κ1) is 13.7. The van der Waals surface area contributed by atoms with E-state index in [4.69, 9.17) is 5.73 Å². The number of carbonyl (C=O) groups is 1. The lowest BCUT2D eigenvalue weighted by molar-refractivity contribution is -0.123. The number of nitrogens with zero attached hydrogens (tertiary/aromatic N) is 1. The average molecular weight is 248 g/mol. The van der Waals surface area contributed by atoms with Crippen molar-refractivity contribution in [1.29, 1.82) is 0 Å². The van der Waals surface area contributed by atoms with Crippen LogP contribution >= 0.6 is 12.4 Å². The number of carbonyl (C=O) groups excluding carboxylic acids is 1. The van der Waals surface area contributed by atoms with Gasteiger partial charge in [0.2, 0.25) is 5.91 Å². The topological polar surface area (TPSA) is 58.4 Å². The SMILES string of the molecule is Cl.NC(=O)C1CCN(C2CCNCC2)CC1. The van der Waals surface area contributed by atoms with E-state index in [-0.39, 0.29) is 24.2 Å². The molecule has 0 aromatic carbocycles. The number of rotatable bonds is 2. The molecule has 4 nitrogen and oxygen atoms in total. The van der Waals surface area contributed by atoms with E-state index in [0.29, 0.717) is 0 Å². The summed E-state index contributed by atoms with van der Waals surface area (Å²) in [4.78, 5) is 13.6. The van der Waals surface area contributed by atoms with Crippen molar-refractivity contribution in [2.75, 3.05) is 26.2 Å². The van der Waals surface area contributed by atoms with E-state index in [9.17, 15) is 4.79 Å². The molecule has 0 aromatic heterocycles. The van der Waals surface area contributed by atoms with Crippen molar-refractivity contribution >= 4 is 18.3 Å².